The third kappa shape index (κ3) is 6.22. The standard InChI is InChI=1S/C39H38N6O4/c1-3-48-34-10-6-5-9-29(34)31-19-27-21-37(43-39(47)25-14-15-25)41-23-33(27)45(31)16-17-49-35-11-7-4-8-28(35)30-18-26-20-36(40-22-32(26)44(30)2)42-38(46)24-12-13-24/h4-11,18-25H,3,12-17H2,1-2H3,(H,40,42,46)(H,41,43,47). The fraction of sp³-hybridized carbons (Fsp3) is 0.282. The molecule has 2 aliphatic rings. The molecule has 4 aromatic heterocycles. The van der Waals surface area contributed by atoms with Crippen LogP contribution in [0.5, 0.6) is 11.5 Å². The number of aromatic nitrogens is 4. The predicted molar refractivity (Wildman–Crippen MR) is 191 cm³/mol. The Balaban J connectivity index is 1.08. The number of pyridine rings is 2. The number of fused-ring (bicyclic) bond motifs is 2. The number of carbonyl (C=O) groups excluding carboxylic acids is 2. The zero-order valence-electron chi connectivity index (χ0n) is 27.6. The Hall–Kier alpha value is -5.64. The first-order valence-electron chi connectivity index (χ1n) is 17.0. The number of nitrogens with zero attached hydrogens (tertiary/aromatic N) is 4. The monoisotopic (exact) mass is 654 g/mol. The van der Waals surface area contributed by atoms with E-state index in [4.69, 9.17) is 9.47 Å². The van der Waals surface area contributed by atoms with Gasteiger partial charge in [-0.3, -0.25) is 9.59 Å². The maximum Gasteiger partial charge on any atom is 0.228 e. The number of nitrogens with one attached hydrogen (secondary N) is 2. The van der Waals surface area contributed by atoms with Gasteiger partial charge in [-0.05, 0) is 81.1 Å². The number of hydrogen-bond acceptors (Lipinski definition) is 6. The summed E-state index contributed by atoms with van der Waals surface area (Å²) in [4.78, 5) is 33.9. The zero-order valence-corrected chi connectivity index (χ0v) is 27.6. The van der Waals surface area contributed by atoms with Gasteiger partial charge in [0.1, 0.15) is 29.7 Å². The average molecular weight is 655 g/mol. The van der Waals surface area contributed by atoms with Crippen LogP contribution in [0.25, 0.3) is 44.3 Å². The molecule has 49 heavy (non-hydrogen) atoms. The van der Waals surface area contributed by atoms with E-state index in [1.165, 1.54) is 0 Å². The van der Waals surface area contributed by atoms with Crippen LogP contribution < -0.4 is 20.1 Å². The highest BCUT2D eigenvalue weighted by molar-refractivity contribution is 5.97. The van der Waals surface area contributed by atoms with E-state index < -0.39 is 0 Å². The van der Waals surface area contributed by atoms with Crippen molar-refractivity contribution < 1.29 is 19.1 Å². The topological polar surface area (TPSA) is 112 Å². The van der Waals surface area contributed by atoms with E-state index in [0.717, 1.165) is 81.5 Å². The van der Waals surface area contributed by atoms with Gasteiger partial charge in [-0.1, -0.05) is 24.3 Å². The molecule has 0 radical (unpaired) electrons. The first-order valence-corrected chi connectivity index (χ1v) is 17.0. The Kier molecular flexibility index (Phi) is 7.99. The summed E-state index contributed by atoms with van der Waals surface area (Å²) >= 11 is 0. The summed E-state index contributed by atoms with van der Waals surface area (Å²) < 4.78 is 16.9. The predicted octanol–water partition coefficient (Wildman–Crippen LogP) is 7.43. The molecule has 0 unspecified atom stereocenters. The van der Waals surface area contributed by atoms with Gasteiger partial charge >= 0.3 is 0 Å². The molecule has 2 aromatic carbocycles. The van der Waals surface area contributed by atoms with Crippen LogP contribution in [0.4, 0.5) is 11.6 Å². The van der Waals surface area contributed by atoms with E-state index in [9.17, 15) is 9.59 Å². The van der Waals surface area contributed by atoms with E-state index in [1.807, 2.05) is 68.7 Å². The number of rotatable bonds is 12. The lowest BCUT2D eigenvalue weighted by Crippen LogP contribution is -2.14. The number of benzene rings is 2. The van der Waals surface area contributed by atoms with Gasteiger partial charge in [0.25, 0.3) is 0 Å². The summed E-state index contributed by atoms with van der Waals surface area (Å²) in [5.74, 6) is 2.97. The molecule has 6 aromatic rings. The van der Waals surface area contributed by atoms with Crippen molar-refractivity contribution in [2.45, 2.75) is 39.2 Å². The number of anilines is 2. The minimum absolute atomic E-state index is 0.0310. The maximum absolute atomic E-state index is 12.5. The Labute approximate surface area is 284 Å². The average Bonchev–Trinajstić information content (AvgIpc) is 4.05. The Morgan fingerprint density at radius 2 is 1.27 bits per heavy atom. The molecule has 2 saturated carbocycles. The highest BCUT2D eigenvalue weighted by Crippen LogP contribution is 2.37. The smallest absolute Gasteiger partial charge is 0.228 e. The molecule has 10 heteroatoms. The van der Waals surface area contributed by atoms with E-state index >= 15 is 0 Å². The molecule has 0 atom stereocenters. The van der Waals surface area contributed by atoms with Crippen molar-refractivity contribution in [3.63, 3.8) is 0 Å². The molecule has 0 saturated heterocycles. The molecule has 2 aliphatic carbocycles. The molecule has 0 bridgehead atoms. The van der Waals surface area contributed by atoms with E-state index in [1.54, 1.807) is 6.20 Å². The number of amides is 2. The Bertz CT molecular complexity index is 2210. The van der Waals surface area contributed by atoms with Crippen molar-refractivity contribution in [1.82, 2.24) is 19.1 Å². The van der Waals surface area contributed by atoms with Gasteiger partial charge in [-0.2, -0.15) is 0 Å². The lowest BCUT2D eigenvalue weighted by molar-refractivity contribution is -0.118. The maximum atomic E-state index is 12.5. The van der Waals surface area contributed by atoms with E-state index in [2.05, 4.69) is 54.0 Å². The van der Waals surface area contributed by atoms with Crippen molar-refractivity contribution in [3.05, 3.63) is 85.2 Å². The molecule has 10 nitrogen and oxygen atoms in total. The van der Waals surface area contributed by atoms with Gasteiger partial charge in [0, 0.05) is 40.8 Å². The number of para-hydroxylation sites is 2. The van der Waals surface area contributed by atoms with Crippen LogP contribution >= 0.6 is 0 Å². The van der Waals surface area contributed by atoms with Gasteiger partial charge in [-0.25, -0.2) is 9.97 Å². The molecule has 248 valence electrons. The van der Waals surface area contributed by atoms with E-state index in [0.29, 0.717) is 31.4 Å². The highest BCUT2D eigenvalue weighted by Gasteiger charge is 2.30. The molecular weight excluding hydrogens is 616 g/mol. The number of hydrogen-bond donors (Lipinski definition) is 2. The molecular formula is C39H38N6O4. The van der Waals surface area contributed by atoms with Gasteiger partial charge in [0.05, 0.1) is 48.0 Å². The third-order valence-electron chi connectivity index (χ3n) is 9.31. The van der Waals surface area contributed by atoms with Crippen molar-refractivity contribution in [2.24, 2.45) is 18.9 Å². The quantitative estimate of drug-likeness (QED) is 0.142. The second-order valence-electron chi connectivity index (χ2n) is 12.8. The summed E-state index contributed by atoms with van der Waals surface area (Å²) in [5, 5.41) is 7.90. The van der Waals surface area contributed by atoms with Gasteiger partial charge in [-0.15, -0.1) is 0 Å². The molecule has 0 aliphatic heterocycles. The molecule has 2 fully saturated rings. The summed E-state index contributed by atoms with van der Waals surface area (Å²) in [6, 6.07) is 24.2. The van der Waals surface area contributed by atoms with Gasteiger partial charge < -0.3 is 29.2 Å². The largest absolute Gasteiger partial charge is 0.493 e. The minimum Gasteiger partial charge on any atom is -0.493 e. The fourth-order valence-corrected chi connectivity index (χ4v) is 6.41. The highest BCUT2D eigenvalue weighted by atomic mass is 16.5. The van der Waals surface area contributed by atoms with Crippen molar-refractivity contribution in [1.29, 1.82) is 0 Å². The number of ether oxygens (including phenoxy) is 2. The molecule has 2 N–H and O–H groups in total. The van der Waals surface area contributed by atoms with E-state index in [-0.39, 0.29) is 23.7 Å². The SMILES string of the molecule is CCOc1ccccc1-c1cc2cc(NC(=O)C3CC3)ncc2n1CCOc1ccccc1-c1cc2cc(NC(=O)C3CC3)ncc2n1C. The van der Waals surface area contributed by atoms with Crippen LogP contribution in [-0.4, -0.2) is 44.1 Å². The summed E-state index contributed by atoms with van der Waals surface area (Å²) in [5.41, 5.74) is 5.80. The van der Waals surface area contributed by atoms with Crippen molar-refractivity contribution >= 4 is 45.3 Å². The molecule has 8 rings (SSSR count). The molecule has 4 heterocycles. The minimum atomic E-state index is 0.0310. The number of carbonyl (C=O) groups is 2. The van der Waals surface area contributed by atoms with Crippen LogP contribution in [0.2, 0.25) is 0 Å². The van der Waals surface area contributed by atoms with Gasteiger partial charge in [0.2, 0.25) is 11.8 Å². The van der Waals surface area contributed by atoms with Crippen LogP contribution in [0, 0.1) is 11.8 Å². The Morgan fingerprint density at radius 3 is 1.88 bits per heavy atom. The summed E-state index contributed by atoms with van der Waals surface area (Å²) in [7, 11) is 2.01. The zero-order chi connectivity index (χ0) is 33.5. The number of aryl methyl sites for hydroxylation is 1. The molecule has 0 spiro atoms. The second kappa shape index (κ2) is 12.8. The lowest BCUT2D eigenvalue weighted by atomic mass is 10.1. The normalized spacial score (nSPS) is 14.2. The summed E-state index contributed by atoms with van der Waals surface area (Å²) in [6.45, 7) is 3.48. The van der Waals surface area contributed by atoms with Crippen LogP contribution in [-0.2, 0) is 23.2 Å². The fourth-order valence-electron chi connectivity index (χ4n) is 6.41. The first-order chi connectivity index (χ1) is 24.0. The second-order valence-corrected chi connectivity index (χ2v) is 12.8. The van der Waals surface area contributed by atoms with Crippen LogP contribution in [0.3, 0.4) is 0 Å². The van der Waals surface area contributed by atoms with Crippen molar-refractivity contribution in [3.8, 4) is 34.0 Å². The Morgan fingerprint density at radius 1 is 0.735 bits per heavy atom. The summed E-state index contributed by atoms with van der Waals surface area (Å²) in [6.07, 6.45) is 7.39. The first kappa shape index (κ1) is 30.7. The van der Waals surface area contributed by atoms with Crippen LogP contribution in [0.1, 0.15) is 32.6 Å². The van der Waals surface area contributed by atoms with Crippen LogP contribution in [0.15, 0.2) is 85.2 Å². The lowest BCUT2D eigenvalue weighted by Gasteiger charge is -2.16. The van der Waals surface area contributed by atoms with Gasteiger partial charge in [0.15, 0.2) is 0 Å². The third-order valence-corrected chi connectivity index (χ3v) is 9.31. The van der Waals surface area contributed by atoms with Crippen molar-refractivity contribution in [2.75, 3.05) is 23.8 Å². The molecule has 2 amide bonds.